The molecular formula is C16H20N4O2. The van der Waals surface area contributed by atoms with Gasteiger partial charge in [0.05, 0.1) is 30.1 Å². The topological polar surface area (TPSA) is 69.0 Å². The molecule has 1 fully saturated rings. The first-order chi connectivity index (χ1) is 10.7. The summed E-state index contributed by atoms with van der Waals surface area (Å²) in [5, 5.41) is 7.20. The summed E-state index contributed by atoms with van der Waals surface area (Å²) >= 11 is 0. The second kappa shape index (κ2) is 6.27. The molecule has 3 heterocycles. The van der Waals surface area contributed by atoms with E-state index in [0.717, 1.165) is 23.4 Å². The summed E-state index contributed by atoms with van der Waals surface area (Å²) in [6, 6.07) is 1.91. The number of amides is 1. The van der Waals surface area contributed by atoms with E-state index in [1.807, 2.05) is 30.8 Å². The summed E-state index contributed by atoms with van der Waals surface area (Å²) in [6.07, 6.45) is 7.64. The summed E-state index contributed by atoms with van der Waals surface area (Å²) in [5.41, 5.74) is 2.70. The molecule has 0 unspecified atom stereocenters. The predicted molar refractivity (Wildman–Crippen MR) is 82.3 cm³/mol. The molecule has 0 aliphatic carbocycles. The Morgan fingerprint density at radius 1 is 1.45 bits per heavy atom. The number of anilines is 1. The van der Waals surface area contributed by atoms with Crippen LogP contribution in [0.5, 0.6) is 0 Å². The van der Waals surface area contributed by atoms with E-state index in [0.29, 0.717) is 13.0 Å². The summed E-state index contributed by atoms with van der Waals surface area (Å²) in [6.45, 7) is 5.37. The van der Waals surface area contributed by atoms with Crippen LogP contribution >= 0.6 is 0 Å². The Labute approximate surface area is 129 Å². The number of rotatable bonds is 4. The molecule has 0 radical (unpaired) electrons. The average molecular weight is 300 g/mol. The molecule has 1 aliphatic rings. The Bertz CT molecular complexity index is 668. The van der Waals surface area contributed by atoms with Gasteiger partial charge in [-0.25, -0.2) is 0 Å². The van der Waals surface area contributed by atoms with Crippen LogP contribution in [0, 0.1) is 12.8 Å². The van der Waals surface area contributed by atoms with E-state index in [2.05, 4.69) is 15.4 Å². The molecule has 0 bridgehead atoms. The van der Waals surface area contributed by atoms with Gasteiger partial charge in [-0.3, -0.25) is 14.5 Å². The minimum atomic E-state index is -0.224. The summed E-state index contributed by atoms with van der Waals surface area (Å²) < 4.78 is 7.61. The van der Waals surface area contributed by atoms with Gasteiger partial charge in [-0.1, -0.05) is 0 Å². The van der Waals surface area contributed by atoms with E-state index in [4.69, 9.17) is 4.74 Å². The number of carbonyl (C=O) groups is 1. The molecule has 0 spiro atoms. The predicted octanol–water partition coefficient (Wildman–Crippen LogP) is 2.32. The van der Waals surface area contributed by atoms with Crippen molar-refractivity contribution in [2.75, 3.05) is 11.9 Å². The van der Waals surface area contributed by atoms with Crippen LogP contribution in [-0.4, -0.2) is 27.3 Å². The number of nitrogens with one attached hydrogen (secondary N) is 1. The molecule has 6 nitrogen and oxygen atoms in total. The van der Waals surface area contributed by atoms with Crippen molar-refractivity contribution >= 4 is 11.6 Å². The largest absolute Gasteiger partial charge is 0.373 e. The Morgan fingerprint density at radius 2 is 2.32 bits per heavy atom. The summed E-state index contributed by atoms with van der Waals surface area (Å²) in [7, 11) is 0. The highest BCUT2D eigenvalue weighted by molar-refractivity contribution is 5.93. The van der Waals surface area contributed by atoms with Crippen molar-refractivity contribution in [1.29, 1.82) is 0 Å². The second-order valence-corrected chi connectivity index (χ2v) is 5.56. The standard InChI is InChI=1S/C16H20N4O2/c1-3-20-10-12(8-18-20)15-14(4-5-22-15)16(21)19-13-6-11(2)7-17-9-13/h6-10,14-15H,3-5H2,1-2H3,(H,19,21)/t14-,15+/m0/s1. The number of nitrogens with zero attached hydrogens (tertiary/aromatic N) is 3. The van der Waals surface area contributed by atoms with Gasteiger partial charge in [-0.05, 0) is 31.9 Å². The van der Waals surface area contributed by atoms with E-state index in [1.165, 1.54) is 0 Å². The fraction of sp³-hybridized carbons (Fsp3) is 0.438. The van der Waals surface area contributed by atoms with Crippen LogP contribution in [0.3, 0.4) is 0 Å². The van der Waals surface area contributed by atoms with Gasteiger partial charge in [0.1, 0.15) is 0 Å². The lowest BCUT2D eigenvalue weighted by Crippen LogP contribution is -2.25. The third kappa shape index (κ3) is 3.01. The van der Waals surface area contributed by atoms with Gasteiger partial charge < -0.3 is 10.1 Å². The zero-order valence-electron chi connectivity index (χ0n) is 12.8. The van der Waals surface area contributed by atoms with Crippen molar-refractivity contribution in [3.05, 3.63) is 42.0 Å². The van der Waals surface area contributed by atoms with Gasteiger partial charge in [0, 0.05) is 31.1 Å². The van der Waals surface area contributed by atoms with Crippen LogP contribution in [0.1, 0.15) is 30.6 Å². The molecule has 2 aromatic heterocycles. The maximum Gasteiger partial charge on any atom is 0.230 e. The van der Waals surface area contributed by atoms with Crippen LogP contribution in [0.15, 0.2) is 30.9 Å². The van der Waals surface area contributed by atoms with Crippen LogP contribution < -0.4 is 5.32 Å². The van der Waals surface area contributed by atoms with E-state index in [1.54, 1.807) is 18.6 Å². The first kappa shape index (κ1) is 14.7. The van der Waals surface area contributed by atoms with Crippen LogP contribution in [0.25, 0.3) is 0 Å². The van der Waals surface area contributed by atoms with Gasteiger partial charge in [0.15, 0.2) is 0 Å². The second-order valence-electron chi connectivity index (χ2n) is 5.56. The lowest BCUT2D eigenvalue weighted by Gasteiger charge is -2.17. The summed E-state index contributed by atoms with van der Waals surface area (Å²) in [5.74, 6) is -0.228. The Kier molecular flexibility index (Phi) is 4.20. The first-order valence-corrected chi connectivity index (χ1v) is 7.54. The average Bonchev–Trinajstić information content (AvgIpc) is 3.16. The molecule has 3 rings (SSSR count). The minimum Gasteiger partial charge on any atom is -0.373 e. The third-order valence-electron chi connectivity index (χ3n) is 3.88. The molecule has 22 heavy (non-hydrogen) atoms. The lowest BCUT2D eigenvalue weighted by atomic mass is 9.96. The van der Waals surface area contributed by atoms with E-state index < -0.39 is 0 Å². The molecule has 0 aromatic carbocycles. The van der Waals surface area contributed by atoms with Crippen molar-refractivity contribution in [3.63, 3.8) is 0 Å². The summed E-state index contributed by atoms with van der Waals surface area (Å²) in [4.78, 5) is 16.6. The number of hydrogen-bond donors (Lipinski definition) is 1. The number of hydrogen-bond acceptors (Lipinski definition) is 4. The Balaban J connectivity index is 1.73. The number of aryl methyl sites for hydroxylation is 2. The molecule has 2 aromatic rings. The zero-order valence-corrected chi connectivity index (χ0v) is 12.8. The molecule has 0 saturated carbocycles. The highest BCUT2D eigenvalue weighted by Crippen LogP contribution is 2.35. The molecule has 6 heteroatoms. The monoisotopic (exact) mass is 300 g/mol. The van der Waals surface area contributed by atoms with Crippen molar-refractivity contribution in [2.45, 2.75) is 32.9 Å². The highest BCUT2D eigenvalue weighted by atomic mass is 16.5. The van der Waals surface area contributed by atoms with Crippen molar-refractivity contribution in [1.82, 2.24) is 14.8 Å². The van der Waals surface area contributed by atoms with E-state index in [-0.39, 0.29) is 17.9 Å². The number of pyridine rings is 1. The van der Waals surface area contributed by atoms with Crippen molar-refractivity contribution < 1.29 is 9.53 Å². The number of aromatic nitrogens is 3. The molecule has 116 valence electrons. The van der Waals surface area contributed by atoms with Crippen molar-refractivity contribution in [3.8, 4) is 0 Å². The zero-order chi connectivity index (χ0) is 15.5. The van der Waals surface area contributed by atoms with E-state index >= 15 is 0 Å². The molecule has 1 amide bonds. The van der Waals surface area contributed by atoms with Crippen LogP contribution in [0.2, 0.25) is 0 Å². The normalized spacial score (nSPS) is 21.0. The minimum absolute atomic E-state index is 0.0286. The maximum absolute atomic E-state index is 12.5. The Morgan fingerprint density at radius 3 is 3.05 bits per heavy atom. The number of ether oxygens (including phenoxy) is 1. The molecule has 1 aliphatic heterocycles. The SMILES string of the molecule is CCn1cc([C@H]2OCC[C@@H]2C(=O)Nc2cncc(C)c2)cn1. The molecular weight excluding hydrogens is 280 g/mol. The van der Waals surface area contributed by atoms with Crippen molar-refractivity contribution in [2.24, 2.45) is 5.92 Å². The molecule has 1 saturated heterocycles. The van der Waals surface area contributed by atoms with Crippen LogP contribution in [-0.2, 0) is 16.1 Å². The smallest absolute Gasteiger partial charge is 0.230 e. The molecule has 1 N–H and O–H groups in total. The third-order valence-corrected chi connectivity index (χ3v) is 3.88. The van der Waals surface area contributed by atoms with Gasteiger partial charge in [-0.15, -0.1) is 0 Å². The van der Waals surface area contributed by atoms with E-state index in [9.17, 15) is 4.79 Å². The fourth-order valence-corrected chi connectivity index (χ4v) is 2.74. The van der Waals surface area contributed by atoms with Gasteiger partial charge in [0.2, 0.25) is 5.91 Å². The first-order valence-electron chi connectivity index (χ1n) is 7.54. The van der Waals surface area contributed by atoms with Gasteiger partial charge >= 0.3 is 0 Å². The Hall–Kier alpha value is -2.21. The quantitative estimate of drug-likeness (QED) is 0.941. The van der Waals surface area contributed by atoms with Gasteiger partial charge in [-0.2, -0.15) is 5.10 Å². The highest BCUT2D eigenvalue weighted by Gasteiger charge is 2.36. The fourth-order valence-electron chi connectivity index (χ4n) is 2.74. The maximum atomic E-state index is 12.5. The van der Waals surface area contributed by atoms with Gasteiger partial charge in [0.25, 0.3) is 0 Å². The number of carbonyl (C=O) groups excluding carboxylic acids is 1. The lowest BCUT2D eigenvalue weighted by molar-refractivity contribution is -0.121. The molecule has 2 atom stereocenters. The van der Waals surface area contributed by atoms with Crippen LogP contribution in [0.4, 0.5) is 5.69 Å².